The number of hydrogen-bond acceptors (Lipinski definition) is 4. The Morgan fingerprint density at radius 3 is 2.45 bits per heavy atom. The molecule has 0 unspecified atom stereocenters. The fourth-order valence-electron chi connectivity index (χ4n) is 1.77. The number of alkyl carbamates (subject to hydrolysis) is 1. The van der Waals surface area contributed by atoms with Crippen LogP contribution in [-0.4, -0.2) is 35.5 Å². The molecule has 0 radical (unpaired) electrons. The van der Waals surface area contributed by atoms with Crippen LogP contribution < -0.4 is 11.1 Å². The van der Waals surface area contributed by atoms with Crippen molar-refractivity contribution in [2.45, 2.75) is 44.9 Å². The van der Waals surface area contributed by atoms with Gasteiger partial charge in [0.15, 0.2) is 0 Å². The van der Waals surface area contributed by atoms with Gasteiger partial charge >= 0.3 is 6.09 Å². The third kappa shape index (κ3) is 6.04. The summed E-state index contributed by atoms with van der Waals surface area (Å²) >= 11 is 0. The average Bonchev–Trinajstić information content (AvgIpc) is 2.36. The Labute approximate surface area is 120 Å². The van der Waals surface area contributed by atoms with Crippen LogP contribution in [0.25, 0.3) is 0 Å². The van der Waals surface area contributed by atoms with E-state index in [1.165, 1.54) is 0 Å². The summed E-state index contributed by atoms with van der Waals surface area (Å²) in [7, 11) is 0. The Morgan fingerprint density at radius 2 is 1.95 bits per heavy atom. The minimum atomic E-state index is -0.817. The minimum Gasteiger partial charge on any atom is -0.444 e. The standard InChI is InChI=1S/C15H24N2O3/c1-15(2,3)20-14(19)17-12(13(18)10-16)9-11-7-5-4-6-8-11/h4-8,12-13,18H,9-10,16H2,1-3H3,(H,17,19)/t12-,13+/m0/s1. The zero-order chi connectivity index (χ0) is 15.2. The van der Waals surface area contributed by atoms with Crippen molar-refractivity contribution in [1.82, 2.24) is 5.32 Å². The van der Waals surface area contributed by atoms with Gasteiger partial charge in [-0.2, -0.15) is 0 Å². The molecule has 0 aliphatic heterocycles. The van der Waals surface area contributed by atoms with Gasteiger partial charge in [-0.25, -0.2) is 4.79 Å². The van der Waals surface area contributed by atoms with E-state index in [0.717, 1.165) is 5.56 Å². The Balaban J connectivity index is 2.68. The van der Waals surface area contributed by atoms with Gasteiger partial charge in [0, 0.05) is 6.54 Å². The zero-order valence-electron chi connectivity index (χ0n) is 12.3. The van der Waals surface area contributed by atoms with Crippen LogP contribution in [0.5, 0.6) is 0 Å². The van der Waals surface area contributed by atoms with Crippen molar-refractivity contribution < 1.29 is 14.6 Å². The molecule has 0 aliphatic rings. The topological polar surface area (TPSA) is 84.6 Å². The molecule has 0 saturated heterocycles. The predicted molar refractivity (Wildman–Crippen MR) is 78.4 cm³/mol. The van der Waals surface area contributed by atoms with Crippen molar-refractivity contribution in [1.29, 1.82) is 0 Å². The number of ether oxygens (including phenoxy) is 1. The van der Waals surface area contributed by atoms with E-state index >= 15 is 0 Å². The van der Waals surface area contributed by atoms with Gasteiger partial charge in [-0.3, -0.25) is 0 Å². The lowest BCUT2D eigenvalue weighted by atomic mass is 10.0. The Hall–Kier alpha value is -1.59. The number of carbonyl (C=O) groups is 1. The van der Waals surface area contributed by atoms with Gasteiger partial charge in [0.25, 0.3) is 0 Å². The van der Waals surface area contributed by atoms with Gasteiger partial charge in [-0.05, 0) is 32.8 Å². The van der Waals surface area contributed by atoms with E-state index in [9.17, 15) is 9.90 Å². The molecule has 112 valence electrons. The van der Waals surface area contributed by atoms with Crippen LogP contribution >= 0.6 is 0 Å². The summed E-state index contributed by atoms with van der Waals surface area (Å²) < 4.78 is 5.20. The lowest BCUT2D eigenvalue weighted by Gasteiger charge is -2.26. The molecule has 0 aromatic heterocycles. The van der Waals surface area contributed by atoms with Gasteiger partial charge in [0.05, 0.1) is 12.1 Å². The van der Waals surface area contributed by atoms with Crippen molar-refractivity contribution in [3.63, 3.8) is 0 Å². The van der Waals surface area contributed by atoms with Crippen LogP contribution in [0.15, 0.2) is 30.3 Å². The lowest BCUT2D eigenvalue weighted by Crippen LogP contribution is -2.49. The SMILES string of the molecule is CC(C)(C)OC(=O)N[C@@H](Cc1ccccc1)[C@H](O)CN. The molecule has 20 heavy (non-hydrogen) atoms. The van der Waals surface area contributed by atoms with Gasteiger partial charge in [0.2, 0.25) is 0 Å². The van der Waals surface area contributed by atoms with Crippen LogP contribution in [0.4, 0.5) is 4.79 Å². The summed E-state index contributed by atoms with van der Waals surface area (Å²) in [6.45, 7) is 5.45. The molecule has 0 aliphatic carbocycles. The molecule has 1 aromatic rings. The molecule has 0 saturated carbocycles. The zero-order valence-corrected chi connectivity index (χ0v) is 12.3. The first kappa shape index (κ1) is 16.5. The molecule has 0 bridgehead atoms. The average molecular weight is 280 g/mol. The highest BCUT2D eigenvalue weighted by Gasteiger charge is 2.24. The predicted octanol–water partition coefficient (Wildman–Crippen LogP) is 1.44. The number of carbonyl (C=O) groups excluding carboxylic acids is 1. The summed E-state index contributed by atoms with van der Waals surface area (Å²) in [5.74, 6) is 0. The third-order valence-corrected chi connectivity index (χ3v) is 2.71. The van der Waals surface area contributed by atoms with Gasteiger partial charge in [-0.15, -0.1) is 0 Å². The smallest absolute Gasteiger partial charge is 0.407 e. The van der Waals surface area contributed by atoms with E-state index in [0.29, 0.717) is 6.42 Å². The fraction of sp³-hybridized carbons (Fsp3) is 0.533. The summed E-state index contributed by atoms with van der Waals surface area (Å²) in [5.41, 5.74) is 5.93. The van der Waals surface area contributed by atoms with Crippen LogP contribution in [0.3, 0.4) is 0 Å². The Kier molecular flexibility index (Phi) is 5.98. The van der Waals surface area contributed by atoms with Gasteiger partial charge in [-0.1, -0.05) is 30.3 Å². The number of aliphatic hydroxyl groups is 1. The first-order valence-electron chi connectivity index (χ1n) is 6.73. The summed E-state index contributed by atoms with van der Waals surface area (Å²) in [5, 5.41) is 12.6. The van der Waals surface area contributed by atoms with Crippen LogP contribution in [-0.2, 0) is 11.2 Å². The van der Waals surface area contributed by atoms with Crippen molar-refractivity contribution in [3.8, 4) is 0 Å². The van der Waals surface area contributed by atoms with Crippen LogP contribution in [0, 0.1) is 0 Å². The second-order valence-electron chi connectivity index (χ2n) is 5.75. The largest absolute Gasteiger partial charge is 0.444 e. The normalized spacial score (nSPS) is 14.4. The van der Waals surface area contributed by atoms with Crippen molar-refractivity contribution in [3.05, 3.63) is 35.9 Å². The molecule has 5 nitrogen and oxygen atoms in total. The van der Waals surface area contributed by atoms with E-state index in [1.807, 2.05) is 30.3 Å². The Morgan fingerprint density at radius 1 is 1.35 bits per heavy atom. The molecule has 5 heteroatoms. The van der Waals surface area contributed by atoms with Crippen molar-refractivity contribution in [2.75, 3.05) is 6.54 Å². The van der Waals surface area contributed by atoms with E-state index in [4.69, 9.17) is 10.5 Å². The van der Waals surface area contributed by atoms with E-state index < -0.39 is 23.8 Å². The molecule has 4 N–H and O–H groups in total. The van der Waals surface area contributed by atoms with E-state index in [-0.39, 0.29) is 6.54 Å². The molecular formula is C15H24N2O3. The first-order chi connectivity index (χ1) is 9.31. The lowest BCUT2D eigenvalue weighted by molar-refractivity contribution is 0.0430. The number of nitrogens with two attached hydrogens (primary N) is 1. The highest BCUT2D eigenvalue weighted by atomic mass is 16.6. The monoisotopic (exact) mass is 280 g/mol. The molecule has 0 heterocycles. The van der Waals surface area contributed by atoms with Gasteiger partial charge in [0.1, 0.15) is 5.60 Å². The number of rotatable bonds is 5. The minimum absolute atomic E-state index is 0.0767. The maximum atomic E-state index is 11.8. The maximum absolute atomic E-state index is 11.8. The quantitative estimate of drug-likeness (QED) is 0.762. The third-order valence-electron chi connectivity index (χ3n) is 2.71. The molecule has 1 aromatic carbocycles. The molecule has 1 rings (SSSR count). The fourth-order valence-corrected chi connectivity index (χ4v) is 1.77. The molecule has 0 fully saturated rings. The Bertz CT molecular complexity index is 415. The molecule has 1 amide bonds. The molecule has 2 atom stereocenters. The number of hydrogen-bond donors (Lipinski definition) is 3. The van der Waals surface area contributed by atoms with Crippen molar-refractivity contribution in [2.24, 2.45) is 5.73 Å². The van der Waals surface area contributed by atoms with Crippen LogP contribution in [0.1, 0.15) is 26.3 Å². The second kappa shape index (κ2) is 7.26. The maximum Gasteiger partial charge on any atom is 0.407 e. The van der Waals surface area contributed by atoms with Crippen LogP contribution in [0.2, 0.25) is 0 Å². The molecular weight excluding hydrogens is 256 g/mol. The highest BCUT2D eigenvalue weighted by molar-refractivity contribution is 5.68. The van der Waals surface area contributed by atoms with E-state index in [2.05, 4.69) is 5.32 Å². The van der Waals surface area contributed by atoms with Crippen molar-refractivity contribution >= 4 is 6.09 Å². The summed E-state index contributed by atoms with van der Waals surface area (Å²) in [6.07, 6.45) is -0.869. The number of benzene rings is 1. The van der Waals surface area contributed by atoms with Gasteiger partial charge < -0.3 is 20.9 Å². The van der Waals surface area contributed by atoms with E-state index in [1.54, 1.807) is 20.8 Å². The summed E-state index contributed by atoms with van der Waals surface area (Å²) in [6, 6.07) is 9.14. The number of nitrogens with one attached hydrogen (secondary N) is 1. The second-order valence-corrected chi connectivity index (χ2v) is 5.75. The summed E-state index contributed by atoms with van der Waals surface area (Å²) in [4.78, 5) is 11.8. The first-order valence-corrected chi connectivity index (χ1v) is 6.73. The number of amides is 1. The highest BCUT2D eigenvalue weighted by Crippen LogP contribution is 2.10. The molecule has 0 spiro atoms. The number of aliphatic hydroxyl groups excluding tert-OH is 1.